The molecule has 0 aliphatic carbocycles. The summed E-state index contributed by atoms with van der Waals surface area (Å²) in [5.41, 5.74) is 1.68. The molecule has 1 aliphatic rings. The molecule has 0 unspecified atom stereocenters. The van der Waals surface area contributed by atoms with Gasteiger partial charge in [0.1, 0.15) is 5.76 Å². The number of benzene rings is 1. The molecular weight excluding hydrogens is 374 g/mol. The van der Waals surface area contributed by atoms with Crippen molar-refractivity contribution in [1.82, 2.24) is 14.2 Å². The highest BCUT2D eigenvalue weighted by Crippen LogP contribution is 2.25. The normalized spacial score (nSPS) is 17.6. The molecule has 0 atom stereocenters. The summed E-state index contributed by atoms with van der Waals surface area (Å²) < 4.78 is 33.9. The Labute approximate surface area is 168 Å². The SMILES string of the molecule is Cc1ccc(C)c(S(=O)(=O)N2CCCN(Cc3ncc(C(C)(C)C)o3)CC2)c1. The van der Waals surface area contributed by atoms with E-state index < -0.39 is 10.0 Å². The zero-order chi connectivity index (χ0) is 20.5. The van der Waals surface area contributed by atoms with Gasteiger partial charge in [-0.1, -0.05) is 32.9 Å². The predicted molar refractivity (Wildman–Crippen MR) is 110 cm³/mol. The van der Waals surface area contributed by atoms with E-state index in [1.165, 1.54) is 0 Å². The van der Waals surface area contributed by atoms with Crippen LogP contribution in [-0.4, -0.2) is 48.8 Å². The molecule has 0 saturated carbocycles. The van der Waals surface area contributed by atoms with Gasteiger partial charge in [0.25, 0.3) is 0 Å². The molecule has 0 amide bonds. The van der Waals surface area contributed by atoms with E-state index in [0.717, 1.165) is 29.9 Å². The average Bonchev–Trinajstić information content (AvgIpc) is 2.95. The first-order valence-electron chi connectivity index (χ1n) is 9.82. The van der Waals surface area contributed by atoms with Crippen LogP contribution in [0.2, 0.25) is 0 Å². The Morgan fingerprint density at radius 3 is 2.54 bits per heavy atom. The van der Waals surface area contributed by atoms with Gasteiger partial charge in [-0.2, -0.15) is 4.31 Å². The second kappa shape index (κ2) is 7.97. The number of sulfonamides is 1. The van der Waals surface area contributed by atoms with Crippen LogP contribution in [0.5, 0.6) is 0 Å². The summed E-state index contributed by atoms with van der Waals surface area (Å²) in [6, 6.07) is 5.59. The Morgan fingerprint density at radius 1 is 1.11 bits per heavy atom. The van der Waals surface area contributed by atoms with E-state index in [1.54, 1.807) is 16.6 Å². The van der Waals surface area contributed by atoms with Crippen LogP contribution in [-0.2, 0) is 22.0 Å². The smallest absolute Gasteiger partial charge is 0.243 e. The molecule has 1 aliphatic heterocycles. The zero-order valence-electron chi connectivity index (χ0n) is 17.5. The third kappa shape index (κ3) is 4.64. The van der Waals surface area contributed by atoms with Gasteiger partial charge in [0.15, 0.2) is 0 Å². The van der Waals surface area contributed by atoms with E-state index in [4.69, 9.17) is 4.42 Å². The van der Waals surface area contributed by atoms with Gasteiger partial charge in [-0.15, -0.1) is 0 Å². The Kier molecular flexibility index (Phi) is 5.98. The fourth-order valence-corrected chi connectivity index (χ4v) is 5.17. The maximum atomic E-state index is 13.2. The monoisotopic (exact) mass is 405 g/mol. The van der Waals surface area contributed by atoms with Crippen molar-refractivity contribution in [2.75, 3.05) is 26.2 Å². The van der Waals surface area contributed by atoms with Crippen LogP contribution in [0.25, 0.3) is 0 Å². The van der Waals surface area contributed by atoms with Crippen molar-refractivity contribution < 1.29 is 12.8 Å². The predicted octanol–water partition coefficient (Wildman–Crippen LogP) is 3.49. The average molecular weight is 406 g/mol. The zero-order valence-corrected chi connectivity index (χ0v) is 18.3. The van der Waals surface area contributed by atoms with Crippen LogP contribution in [0, 0.1) is 13.8 Å². The van der Waals surface area contributed by atoms with E-state index in [-0.39, 0.29) is 5.41 Å². The molecule has 28 heavy (non-hydrogen) atoms. The second-order valence-electron chi connectivity index (χ2n) is 8.67. The fourth-order valence-electron chi connectivity index (χ4n) is 3.39. The summed E-state index contributed by atoms with van der Waals surface area (Å²) in [5, 5.41) is 0. The minimum Gasteiger partial charge on any atom is -0.444 e. The third-order valence-electron chi connectivity index (χ3n) is 5.16. The number of aromatic nitrogens is 1. The second-order valence-corrected chi connectivity index (χ2v) is 10.6. The number of aryl methyl sites for hydroxylation is 2. The molecular formula is C21H31N3O3S. The molecule has 1 aromatic carbocycles. The molecule has 3 rings (SSSR count). The third-order valence-corrected chi connectivity index (χ3v) is 7.20. The lowest BCUT2D eigenvalue weighted by Crippen LogP contribution is -2.35. The topological polar surface area (TPSA) is 66.7 Å². The molecule has 2 aromatic rings. The van der Waals surface area contributed by atoms with Crippen LogP contribution in [0.15, 0.2) is 33.7 Å². The lowest BCUT2D eigenvalue weighted by molar-refractivity contribution is 0.242. The first-order valence-corrected chi connectivity index (χ1v) is 11.3. The van der Waals surface area contributed by atoms with Crippen LogP contribution in [0.3, 0.4) is 0 Å². The Balaban J connectivity index is 1.69. The van der Waals surface area contributed by atoms with Crippen molar-refractivity contribution in [2.45, 2.75) is 57.9 Å². The number of oxazole rings is 1. The number of rotatable bonds is 4. The lowest BCUT2D eigenvalue weighted by atomic mass is 9.94. The summed E-state index contributed by atoms with van der Waals surface area (Å²) in [7, 11) is -3.48. The number of hydrogen-bond acceptors (Lipinski definition) is 5. The van der Waals surface area contributed by atoms with Crippen molar-refractivity contribution >= 4 is 10.0 Å². The molecule has 6 nitrogen and oxygen atoms in total. The highest BCUT2D eigenvalue weighted by molar-refractivity contribution is 7.89. The molecule has 1 aromatic heterocycles. The van der Waals surface area contributed by atoms with Crippen LogP contribution < -0.4 is 0 Å². The fraction of sp³-hybridized carbons (Fsp3) is 0.571. The molecule has 1 fully saturated rings. The standard InChI is InChI=1S/C21H31N3O3S/c1-16-7-8-17(2)18(13-16)28(25,26)24-10-6-9-23(11-12-24)15-20-22-14-19(27-20)21(3,4)5/h7-8,13-14H,6,9-12,15H2,1-5H3. The minimum atomic E-state index is -3.48. The Bertz CT molecular complexity index is 929. The van der Waals surface area contributed by atoms with E-state index in [1.807, 2.05) is 26.0 Å². The summed E-state index contributed by atoms with van der Waals surface area (Å²) in [6.45, 7) is 13.2. The van der Waals surface area contributed by atoms with Crippen LogP contribution in [0.1, 0.15) is 50.0 Å². The highest BCUT2D eigenvalue weighted by atomic mass is 32.2. The van der Waals surface area contributed by atoms with Crippen molar-refractivity contribution in [1.29, 1.82) is 0 Å². The maximum absolute atomic E-state index is 13.2. The van der Waals surface area contributed by atoms with E-state index in [9.17, 15) is 8.42 Å². The highest BCUT2D eigenvalue weighted by Gasteiger charge is 2.29. The quantitative estimate of drug-likeness (QED) is 0.779. The van der Waals surface area contributed by atoms with Crippen molar-refractivity contribution in [2.24, 2.45) is 0 Å². The van der Waals surface area contributed by atoms with Crippen LogP contribution >= 0.6 is 0 Å². The summed E-state index contributed by atoms with van der Waals surface area (Å²) in [4.78, 5) is 7.04. The molecule has 1 saturated heterocycles. The molecule has 0 spiro atoms. The maximum Gasteiger partial charge on any atom is 0.243 e. The van der Waals surface area contributed by atoms with Gasteiger partial charge in [0, 0.05) is 25.0 Å². The first kappa shape index (κ1) is 21.0. The molecule has 0 bridgehead atoms. The van der Waals surface area contributed by atoms with Crippen molar-refractivity contribution in [3.63, 3.8) is 0 Å². The van der Waals surface area contributed by atoms with Gasteiger partial charge in [-0.25, -0.2) is 13.4 Å². The molecule has 154 valence electrons. The summed E-state index contributed by atoms with van der Waals surface area (Å²) >= 11 is 0. The van der Waals surface area contributed by atoms with Gasteiger partial charge < -0.3 is 4.42 Å². The van der Waals surface area contributed by atoms with E-state index in [2.05, 4.69) is 30.7 Å². The van der Waals surface area contributed by atoms with Gasteiger partial charge >= 0.3 is 0 Å². The van der Waals surface area contributed by atoms with E-state index >= 15 is 0 Å². The van der Waals surface area contributed by atoms with Gasteiger partial charge in [0.05, 0.1) is 17.6 Å². The number of nitrogens with zero attached hydrogens (tertiary/aromatic N) is 3. The van der Waals surface area contributed by atoms with Gasteiger partial charge in [-0.05, 0) is 44.0 Å². The lowest BCUT2D eigenvalue weighted by Gasteiger charge is -2.22. The van der Waals surface area contributed by atoms with Crippen molar-refractivity contribution in [3.05, 3.63) is 47.2 Å². The molecule has 2 heterocycles. The Morgan fingerprint density at radius 2 is 1.86 bits per heavy atom. The summed E-state index contributed by atoms with van der Waals surface area (Å²) in [5.74, 6) is 1.56. The first-order chi connectivity index (χ1) is 13.1. The van der Waals surface area contributed by atoms with E-state index in [0.29, 0.717) is 37.0 Å². The van der Waals surface area contributed by atoms with Crippen molar-refractivity contribution in [3.8, 4) is 0 Å². The van der Waals surface area contributed by atoms with Gasteiger partial charge in [-0.3, -0.25) is 4.90 Å². The molecule has 0 radical (unpaired) electrons. The number of hydrogen-bond donors (Lipinski definition) is 0. The molecule has 7 heteroatoms. The van der Waals surface area contributed by atoms with Crippen LogP contribution in [0.4, 0.5) is 0 Å². The minimum absolute atomic E-state index is 0.0689. The Hall–Kier alpha value is -1.70. The summed E-state index contributed by atoms with van der Waals surface area (Å²) in [6.07, 6.45) is 2.58. The van der Waals surface area contributed by atoms with Gasteiger partial charge in [0.2, 0.25) is 15.9 Å². The largest absolute Gasteiger partial charge is 0.444 e. The molecule has 0 N–H and O–H groups in total.